The molecule has 1 aliphatic heterocycles. The number of hydrogen-bond donors (Lipinski definition) is 1. The number of nitrogen functional groups attached to an aromatic ring is 1. The summed E-state index contributed by atoms with van der Waals surface area (Å²) in [5.41, 5.74) is 10.3. The van der Waals surface area contributed by atoms with Crippen molar-refractivity contribution >= 4 is 11.3 Å². The lowest BCUT2D eigenvalue weighted by Crippen LogP contribution is -2.22. The van der Waals surface area contributed by atoms with Gasteiger partial charge in [0.1, 0.15) is 52.5 Å². The summed E-state index contributed by atoms with van der Waals surface area (Å²) in [6.07, 6.45) is 8.22. The third-order valence-electron chi connectivity index (χ3n) is 7.18. The molecule has 0 bridgehead atoms. The summed E-state index contributed by atoms with van der Waals surface area (Å²) in [5, 5.41) is 0. The smallest absolute Gasteiger partial charge is 0.158 e. The van der Waals surface area contributed by atoms with E-state index in [4.69, 9.17) is 29.7 Å². The molecule has 43 heavy (non-hydrogen) atoms. The number of ether oxygens (including phenoxy) is 4. The Morgan fingerprint density at radius 3 is 2.58 bits per heavy atom. The van der Waals surface area contributed by atoms with E-state index in [0.717, 1.165) is 59.7 Å². The van der Waals surface area contributed by atoms with Gasteiger partial charge < -0.3 is 24.7 Å². The molecule has 2 aromatic carbocycles. The zero-order valence-corrected chi connectivity index (χ0v) is 24.2. The second kappa shape index (κ2) is 12.8. The molecule has 1 atom stereocenters. The van der Waals surface area contributed by atoms with Crippen LogP contribution in [0.5, 0.6) is 17.2 Å². The average molecular weight is 584 g/mol. The molecule has 0 aliphatic carbocycles. The molecule has 9 nitrogen and oxygen atoms in total. The van der Waals surface area contributed by atoms with Gasteiger partial charge in [0.2, 0.25) is 0 Å². The number of hydrogen-bond acceptors (Lipinski definition) is 8. The fourth-order valence-corrected chi connectivity index (χ4v) is 5.01. The second-order valence-corrected chi connectivity index (χ2v) is 10.8. The number of imidazole rings is 1. The molecule has 0 saturated carbocycles. The van der Waals surface area contributed by atoms with Crippen LogP contribution in [0.4, 0.5) is 10.2 Å². The minimum atomic E-state index is -0.464. The van der Waals surface area contributed by atoms with Crippen LogP contribution in [0.3, 0.4) is 0 Å². The van der Waals surface area contributed by atoms with Gasteiger partial charge in [-0.05, 0) is 49.6 Å². The van der Waals surface area contributed by atoms with Gasteiger partial charge in [0.05, 0.1) is 12.3 Å². The number of nitrogens with two attached hydrogens (primary N) is 1. The van der Waals surface area contributed by atoms with E-state index in [0.29, 0.717) is 29.7 Å². The maximum absolute atomic E-state index is 14.5. The van der Waals surface area contributed by atoms with E-state index in [1.54, 1.807) is 18.5 Å². The number of aromatic nitrogens is 4. The number of benzene rings is 2. The van der Waals surface area contributed by atoms with Crippen LogP contribution in [0, 0.1) is 5.82 Å². The molecule has 1 fully saturated rings. The zero-order valence-electron chi connectivity index (χ0n) is 24.2. The quantitative estimate of drug-likeness (QED) is 0.186. The van der Waals surface area contributed by atoms with Crippen molar-refractivity contribution in [2.24, 2.45) is 0 Å². The Labute approximate surface area is 249 Å². The molecule has 6 rings (SSSR count). The van der Waals surface area contributed by atoms with Crippen molar-refractivity contribution in [3.05, 3.63) is 96.1 Å². The Bertz CT molecular complexity index is 1680. The Balaban J connectivity index is 1.09. The normalized spacial score (nSPS) is 15.2. The van der Waals surface area contributed by atoms with Crippen molar-refractivity contribution in [3.63, 3.8) is 0 Å². The van der Waals surface area contributed by atoms with E-state index < -0.39 is 5.82 Å². The van der Waals surface area contributed by atoms with Crippen LogP contribution in [0.2, 0.25) is 0 Å². The fourth-order valence-electron chi connectivity index (χ4n) is 5.01. The Kier molecular flexibility index (Phi) is 8.48. The van der Waals surface area contributed by atoms with E-state index in [2.05, 4.69) is 23.8 Å². The molecule has 1 saturated heterocycles. The molecule has 3 aromatic heterocycles. The molecule has 1 unspecified atom stereocenters. The lowest BCUT2D eigenvalue weighted by atomic mass is 10.1. The monoisotopic (exact) mass is 583 g/mol. The Morgan fingerprint density at radius 2 is 1.84 bits per heavy atom. The number of nitrogens with zero attached hydrogens (tertiary/aromatic N) is 4. The highest BCUT2D eigenvalue weighted by atomic mass is 19.1. The summed E-state index contributed by atoms with van der Waals surface area (Å²) in [6, 6.07) is 15.5. The predicted octanol–water partition coefficient (Wildman–Crippen LogP) is 7.05. The first-order valence-electron chi connectivity index (χ1n) is 14.4. The molecule has 10 heteroatoms. The van der Waals surface area contributed by atoms with E-state index in [9.17, 15) is 4.39 Å². The molecule has 0 amide bonds. The molecule has 0 spiro atoms. The molecule has 0 radical (unpaired) electrons. The van der Waals surface area contributed by atoms with Crippen molar-refractivity contribution in [1.82, 2.24) is 19.4 Å². The van der Waals surface area contributed by atoms with Gasteiger partial charge in [0.25, 0.3) is 0 Å². The maximum atomic E-state index is 14.5. The first-order valence-corrected chi connectivity index (χ1v) is 14.4. The molecular weight excluding hydrogens is 549 g/mol. The van der Waals surface area contributed by atoms with Crippen LogP contribution >= 0.6 is 0 Å². The summed E-state index contributed by atoms with van der Waals surface area (Å²) in [7, 11) is 0. The molecule has 4 heterocycles. The maximum Gasteiger partial charge on any atom is 0.158 e. The predicted molar refractivity (Wildman–Crippen MR) is 160 cm³/mol. The van der Waals surface area contributed by atoms with Gasteiger partial charge in [-0.1, -0.05) is 19.9 Å². The standard InChI is InChI=1S/C33H34FN5O4/c1-21(2)33-38-30(31-32(35)36-12-13-39(31)33)23-7-10-26(11-8-23)43-28-16-24(34)15-27(17-28)41-19-22-6-9-25(37-18-22)20-42-29-5-3-4-14-40-29/h6-13,15-18,21,29H,3-5,14,19-20H2,1-2H3,(H2,35,36). The summed E-state index contributed by atoms with van der Waals surface area (Å²) in [6.45, 7) is 5.53. The van der Waals surface area contributed by atoms with Crippen LogP contribution in [0.25, 0.3) is 16.8 Å². The molecular formula is C33H34FN5O4. The first kappa shape index (κ1) is 28.6. The summed E-state index contributed by atoms with van der Waals surface area (Å²) in [5.74, 6) is 2.26. The number of halogens is 1. The zero-order chi connectivity index (χ0) is 29.8. The number of fused-ring (bicyclic) bond motifs is 1. The highest BCUT2D eigenvalue weighted by Gasteiger charge is 2.18. The number of pyridine rings is 1. The lowest BCUT2D eigenvalue weighted by molar-refractivity contribution is -0.169. The highest BCUT2D eigenvalue weighted by molar-refractivity contribution is 5.85. The number of rotatable bonds is 10. The average Bonchev–Trinajstić information content (AvgIpc) is 3.42. The lowest BCUT2D eigenvalue weighted by Gasteiger charge is -2.22. The number of anilines is 1. The topological polar surface area (TPSA) is 106 Å². The second-order valence-electron chi connectivity index (χ2n) is 10.8. The largest absolute Gasteiger partial charge is 0.489 e. The van der Waals surface area contributed by atoms with Crippen molar-refractivity contribution < 1.29 is 23.3 Å². The SMILES string of the molecule is CC(C)c1nc(-c2ccc(Oc3cc(F)cc(OCc4ccc(COC5CCCCO5)nc4)c3)cc2)c2c(N)nccn12. The minimum Gasteiger partial charge on any atom is -0.489 e. The summed E-state index contributed by atoms with van der Waals surface area (Å²) < 4.78 is 39.7. The Hall–Kier alpha value is -4.54. The summed E-state index contributed by atoms with van der Waals surface area (Å²) in [4.78, 5) is 13.6. The van der Waals surface area contributed by atoms with E-state index in [1.807, 2.05) is 47.0 Å². The van der Waals surface area contributed by atoms with Crippen molar-refractivity contribution in [2.75, 3.05) is 12.3 Å². The van der Waals surface area contributed by atoms with Gasteiger partial charge in [-0.3, -0.25) is 9.38 Å². The third-order valence-corrected chi connectivity index (χ3v) is 7.18. The minimum absolute atomic E-state index is 0.160. The van der Waals surface area contributed by atoms with Gasteiger partial charge in [-0.25, -0.2) is 14.4 Å². The van der Waals surface area contributed by atoms with Crippen LogP contribution in [-0.2, 0) is 22.7 Å². The molecule has 1 aliphatic rings. The fraction of sp³-hybridized carbons (Fsp3) is 0.303. The van der Waals surface area contributed by atoms with Crippen molar-refractivity contribution in [1.29, 1.82) is 0 Å². The van der Waals surface area contributed by atoms with Gasteiger partial charge in [0, 0.05) is 60.4 Å². The molecule has 5 aromatic rings. The van der Waals surface area contributed by atoms with Crippen LogP contribution < -0.4 is 15.2 Å². The highest BCUT2D eigenvalue weighted by Crippen LogP contribution is 2.33. The van der Waals surface area contributed by atoms with Crippen molar-refractivity contribution in [3.8, 4) is 28.5 Å². The van der Waals surface area contributed by atoms with Crippen LogP contribution in [-0.4, -0.2) is 32.2 Å². The van der Waals surface area contributed by atoms with Crippen LogP contribution in [0.1, 0.15) is 56.1 Å². The van der Waals surface area contributed by atoms with Gasteiger partial charge in [0.15, 0.2) is 6.29 Å². The van der Waals surface area contributed by atoms with E-state index in [1.165, 1.54) is 12.1 Å². The van der Waals surface area contributed by atoms with Crippen molar-refractivity contribution in [2.45, 2.75) is 58.5 Å². The third kappa shape index (κ3) is 6.76. The van der Waals surface area contributed by atoms with Crippen LogP contribution in [0.15, 0.2) is 73.2 Å². The van der Waals surface area contributed by atoms with Gasteiger partial charge in [-0.2, -0.15) is 0 Å². The first-order chi connectivity index (χ1) is 20.9. The Morgan fingerprint density at radius 1 is 1.00 bits per heavy atom. The van der Waals surface area contributed by atoms with Gasteiger partial charge in [-0.15, -0.1) is 0 Å². The molecule has 222 valence electrons. The van der Waals surface area contributed by atoms with Gasteiger partial charge >= 0.3 is 0 Å². The summed E-state index contributed by atoms with van der Waals surface area (Å²) >= 11 is 0. The molecule has 2 N–H and O–H groups in total. The van der Waals surface area contributed by atoms with E-state index >= 15 is 0 Å². The van der Waals surface area contributed by atoms with E-state index in [-0.39, 0.29) is 18.8 Å².